The van der Waals surface area contributed by atoms with Gasteiger partial charge in [-0.15, -0.1) is 11.3 Å². The number of phenols is 1. The number of hydrogen-bond acceptors (Lipinski definition) is 15. The Kier molecular flexibility index (Phi) is 13.5. The lowest BCUT2D eigenvalue weighted by Gasteiger charge is -2.36. The van der Waals surface area contributed by atoms with Crippen molar-refractivity contribution in [1.82, 2.24) is 45.7 Å². The van der Waals surface area contributed by atoms with Gasteiger partial charge in [0.2, 0.25) is 17.7 Å². The minimum Gasteiger partial charge on any atom is -0.508 e. The highest BCUT2D eigenvalue weighted by Crippen LogP contribution is 2.49. The molecule has 3 unspecified atom stereocenters. The number of phenolic OH excluding ortho intramolecular Hbond substituents is 1. The van der Waals surface area contributed by atoms with Crippen molar-refractivity contribution in [3.63, 3.8) is 0 Å². The molecule has 77 heavy (non-hydrogen) atoms. The van der Waals surface area contributed by atoms with Crippen LogP contribution in [0.15, 0.2) is 66.3 Å². The van der Waals surface area contributed by atoms with E-state index in [0.717, 1.165) is 124 Å². The van der Waals surface area contributed by atoms with Crippen LogP contribution in [0.5, 0.6) is 11.8 Å². The van der Waals surface area contributed by atoms with Gasteiger partial charge in [-0.2, -0.15) is 9.97 Å². The van der Waals surface area contributed by atoms with Crippen molar-refractivity contribution in [2.24, 2.45) is 5.41 Å². The summed E-state index contributed by atoms with van der Waals surface area (Å²) in [7, 11) is 0. The fourth-order valence-electron chi connectivity index (χ4n) is 13.6. The number of aromatic nitrogens is 4. The fraction of sp³-hybridized carbons (Fsp3) is 0.508. The number of carbonyl (C=O) groups is 3. The van der Waals surface area contributed by atoms with Crippen LogP contribution in [-0.4, -0.2) is 146 Å². The maximum absolute atomic E-state index is 14.4. The first-order valence-corrected chi connectivity index (χ1v) is 28.4. The van der Waals surface area contributed by atoms with Crippen molar-refractivity contribution < 1.29 is 34.1 Å². The molecule has 3 aromatic carbocycles. The van der Waals surface area contributed by atoms with Crippen molar-refractivity contribution >= 4 is 56.6 Å². The number of ether oxygens (including phenoxy) is 2. The maximum Gasteiger partial charge on any atom is 0.319 e. The molecular weight excluding hydrogens is 993 g/mol. The molecule has 5 fully saturated rings. The second kappa shape index (κ2) is 20.2. The van der Waals surface area contributed by atoms with Crippen LogP contribution in [0.4, 0.5) is 5.82 Å². The molecule has 12 rings (SSSR count). The molecule has 3 amide bonds. The van der Waals surface area contributed by atoms with Crippen molar-refractivity contribution in [2.45, 2.75) is 140 Å². The number of anilines is 1. The van der Waals surface area contributed by atoms with Crippen LogP contribution in [0.25, 0.3) is 43.4 Å². The number of aliphatic hydroxyl groups is 1. The largest absolute Gasteiger partial charge is 0.508 e. The molecule has 3 aromatic heterocycles. The summed E-state index contributed by atoms with van der Waals surface area (Å²) in [6.45, 7) is 14.7. The van der Waals surface area contributed by atoms with E-state index < -0.39 is 35.4 Å². The van der Waals surface area contributed by atoms with E-state index in [-0.39, 0.29) is 54.8 Å². The lowest BCUT2D eigenvalue weighted by molar-refractivity contribution is -0.144. The Morgan fingerprint density at radius 2 is 1.78 bits per heavy atom. The normalized spacial score (nSPS) is 25.5. The number of likely N-dealkylation sites (tertiary alicyclic amines) is 1. The maximum atomic E-state index is 14.4. The van der Waals surface area contributed by atoms with Crippen molar-refractivity contribution in [3.8, 4) is 33.5 Å². The number of nitrogens with one attached hydrogen (secondary N) is 3. The number of fused-ring (bicyclic) bond motifs is 7. The molecule has 5 N–H and O–H groups in total. The monoisotopic (exact) mass is 1060 g/mol. The molecule has 2 bridgehead atoms. The summed E-state index contributed by atoms with van der Waals surface area (Å²) < 4.78 is 13.0. The van der Waals surface area contributed by atoms with E-state index in [0.29, 0.717) is 31.3 Å². The van der Waals surface area contributed by atoms with Gasteiger partial charge in [0.1, 0.15) is 36.9 Å². The Hall–Kier alpha value is -6.31. The van der Waals surface area contributed by atoms with Crippen LogP contribution in [0, 0.1) is 12.3 Å². The summed E-state index contributed by atoms with van der Waals surface area (Å²) in [4.78, 5) is 69.4. The van der Waals surface area contributed by atoms with Gasteiger partial charge in [-0.25, -0.2) is 4.98 Å². The third kappa shape index (κ3) is 9.57. The number of benzene rings is 3. The second-order valence-electron chi connectivity index (χ2n) is 23.7. The Morgan fingerprint density at radius 1 is 0.987 bits per heavy atom. The molecule has 1 aliphatic carbocycles. The number of carbonyl (C=O) groups excluding carboxylic acids is 3. The van der Waals surface area contributed by atoms with E-state index in [1.54, 1.807) is 11.3 Å². The van der Waals surface area contributed by atoms with Gasteiger partial charge in [-0.3, -0.25) is 24.3 Å². The number of amides is 3. The van der Waals surface area contributed by atoms with Crippen LogP contribution < -0.4 is 25.6 Å². The first kappa shape index (κ1) is 51.4. The molecule has 17 nitrogen and oxygen atoms in total. The van der Waals surface area contributed by atoms with Crippen LogP contribution in [0.2, 0.25) is 0 Å². The number of hydrogen-bond donors (Lipinski definition) is 5. The molecule has 8 heterocycles. The Morgan fingerprint density at radius 3 is 2.53 bits per heavy atom. The molecular formula is C59H70N10O7S. The van der Waals surface area contributed by atoms with E-state index in [1.807, 2.05) is 88.8 Å². The van der Waals surface area contributed by atoms with Gasteiger partial charge >= 0.3 is 6.01 Å². The van der Waals surface area contributed by atoms with Gasteiger partial charge in [0.15, 0.2) is 0 Å². The average molecular weight is 1060 g/mol. The molecule has 0 saturated carbocycles. The van der Waals surface area contributed by atoms with Gasteiger partial charge in [0, 0.05) is 67.4 Å². The first-order chi connectivity index (χ1) is 37.0. The highest BCUT2D eigenvalue weighted by molar-refractivity contribution is 7.13. The zero-order chi connectivity index (χ0) is 53.5. The molecule has 9 atom stereocenters. The van der Waals surface area contributed by atoms with Crippen LogP contribution in [0.1, 0.15) is 114 Å². The summed E-state index contributed by atoms with van der Waals surface area (Å²) in [5.41, 5.74) is 8.51. The van der Waals surface area contributed by atoms with E-state index >= 15 is 0 Å². The molecule has 6 aliphatic rings. The van der Waals surface area contributed by atoms with Crippen molar-refractivity contribution in [2.75, 3.05) is 50.9 Å². The lowest BCUT2D eigenvalue weighted by atomic mass is 9.79. The third-order valence-corrected chi connectivity index (χ3v) is 18.5. The van der Waals surface area contributed by atoms with Gasteiger partial charge in [0.05, 0.1) is 57.0 Å². The van der Waals surface area contributed by atoms with Gasteiger partial charge < -0.3 is 45.4 Å². The molecule has 0 spiro atoms. The Balaban J connectivity index is 0.707. The number of aryl methyl sites for hydroxylation is 1. The number of aromatic hydroxyl groups is 1. The Bertz CT molecular complexity index is 3260. The van der Waals surface area contributed by atoms with Crippen molar-refractivity contribution in [3.05, 3.63) is 88.7 Å². The zero-order valence-corrected chi connectivity index (χ0v) is 45.7. The number of rotatable bonds is 14. The van der Waals surface area contributed by atoms with Gasteiger partial charge in [0.25, 0.3) is 0 Å². The summed E-state index contributed by atoms with van der Waals surface area (Å²) in [6.07, 6.45) is 7.10. The number of aliphatic hydroxyl groups excluding tert-OH is 1. The van der Waals surface area contributed by atoms with Gasteiger partial charge in [-0.05, 0) is 104 Å². The predicted molar refractivity (Wildman–Crippen MR) is 296 cm³/mol. The number of thiazole rings is 1. The molecule has 6 aromatic rings. The summed E-state index contributed by atoms with van der Waals surface area (Å²) in [5, 5.41) is 34.5. The fourth-order valence-corrected chi connectivity index (χ4v) is 14.4. The highest BCUT2D eigenvalue weighted by Gasteiger charge is 2.50. The van der Waals surface area contributed by atoms with Crippen LogP contribution in [0.3, 0.4) is 0 Å². The molecule has 0 radical (unpaired) electrons. The minimum absolute atomic E-state index is 0.0157. The summed E-state index contributed by atoms with van der Waals surface area (Å²) >= 11 is 1.58. The minimum atomic E-state index is -0.975. The van der Waals surface area contributed by atoms with Gasteiger partial charge in [-0.1, -0.05) is 70.2 Å². The topological polar surface area (TPSA) is 208 Å². The number of nitrogens with zero attached hydrogens (tertiary/aromatic N) is 7. The molecule has 18 heteroatoms. The van der Waals surface area contributed by atoms with E-state index in [1.165, 1.54) is 10.5 Å². The smallest absolute Gasteiger partial charge is 0.319 e. The molecule has 5 saturated heterocycles. The SMILES string of the molecule is Cc1ncsc1-c1ccc([C@H](C)NC(=O)[C@@H]2C[C@@H](O)CN2C(=O)[C@@H](NC(=O)COC[C@H]2CC[C@@]3(COc4nc(N5CC6CCC(C5)N6)c5cnc6c(c5n4)C(C)c4cccc5cc(O)cc-6c45)CCCN23)C(C)(C)C)cc1. The average Bonchev–Trinajstić information content (AvgIpc) is 4.43. The second-order valence-corrected chi connectivity index (χ2v) is 24.6. The number of pyridine rings is 1. The van der Waals surface area contributed by atoms with E-state index in [9.17, 15) is 24.6 Å². The summed E-state index contributed by atoms with van der Waals surface area (Å²) in [6, 6.07) is 16.8. The highest BCUT2D eigenvalue weighted by atomic mass is 32.1. The summed E-state index contributed by atoms with van der Waals surface area (Å²) in [5.74, 6) is -0.191. The van der Waals surface area contributed by atoms with E-state index in [2.05, 4.69) is 49.8 Å². The zero-order valence-electron chi connectivity index (χ0n) is 44.8. The number of β-amino-alcohol motifs (C(OH)–C–C–N with tert-alkyl or cyclic N) is 1. The quantitative estimate of drug-likeness (QED) is 0.0735. The molecule has 5 aliphatic heterocycles. The third-order valence-electron chi connectivity index (χ3n) is 17.5. The van der Waals surface area contributed by atoms with E-state index in [4.69, 9.17) is 24.4 Å². The predicted octanol–water partition coefficient (Wildman–Crippen LogP) is 7.15. The lowest BCUT2D eigenvalue weighted by Crippen LogP contribution is -2.58. The first-order valence-electron chi connectivity index (χ1n) is 27.6. The number of piperazine rings is 1. The van der Waals surface area contributed by atoms with Crippen molar-refractivity contribution in [1.29, 1.82) is 0 Å². The molecule has 404 valence electrons. The standard InChI is InChI=1S/C59H70N10O7S/c1-32-43-10-7-9-37-21-41(70)22-44(49(37)43)50-48(32)51-45(24-60-50)54(67-25-38-15-16-39(26-67)63-38)66-57(65-51)76-30-59-18-8-20-69(59)40(17-19-59)28-75-29-47(72)64-53(58(4,5)6)56(74)68-27-42(71)23-46(68)55(73)62-33(2)35-11-13-36(14-12-35)52-34(3)61-31-77-52/h7,9-14,21-22,24,31-33,38-40,42,46,53,63,70-71H,8,15-20,23,25-30H2,1-6H3,(H,62,73)(H,64,72)/t32?,33-,38?,39?,40+,42+,46-,53+,59+/m0/s1. The van der Waals surface area contributed by atoms with Crippen LogP contribution >= 0.6 is 11.3 Å². The Labute approximate surface area is 453 Å². The van der Waals surface area contributed by atoms with Crippen LogP contribution in [-0.2, 0) is 19.1 Å².